The molecule has 0 spiro atoms. The van der Waals surface area contributed by atoms with E-state index in [0.29, 0.717) is 17.5 Å². The maximum atomic E-state index is 13.1. The molecule has 2 amide bonds. The van der Waals surface area contributed by atoms with Crippen LogP contribution >= 0.6 is 0 Å². The van der Waals surface area contributed by atoms with Gasteiger partial charge in [0.25, 0.3) is 0 Å². The van der Waals surface area contributed by atoms with Crippen molar-refractivity contribution in [1.82, 2.24) is 14.9 Å². The number of amidine groups is 1. The van der Waals surface area contributed by atoms with Gasteiger partial charge < -0.3 is 30.8 Å². The van der Waals surface area contributed by atoms with Crippen LogP contribution in [0, 0.1) is 0 Å². The predicted molar refractivity (Wildman–Crippen MR) is 155 cm³/mol. The number of benzene rings is 3. The Kier molecular flexibility index (Phi) is 9.60. The van der Waals surface area contributed by atoms with Gasteiger partial charge >= 0.3 is 5.97 Å². The number of carbonyl (C=O) groups is 3. The van der Waals surface area contributed by atoms with E-state index in [1.165, 1.54) is 17.0 Å². The van der Waals surface area contributed by atoms with Crippen molar-refractivity contribution in [1.29, 1.82) is 0 Å². The Labute approximate surface area is 243 Å². The summed E-state index contributed by atoms with van der Waals surface area (Å²) in [6.45, 7) is 1.73. The van der Waals surface area contributed by atoms with E-state index in [1.807, 2.05) is 17.0 Å². The van der Waals surface area contributed by atoms with Gasteiger partial charge in [-0.15, -0.1) is 0 Å². The molecule has 3 aromatic carbocycles. The molecule has 13 nitrogen and oxygen atoms in total. The smallest absolute Gasteiger partial charge is 0.326 e. The molecule has 4 rings (SSSR count). The second-order valence-corrected chi connectivity index (χ2v) is 11.2. The van der Waals surface area contributed by atoms with Crippen molar-refractivity contribution in [3.8, 4) is 0 Å². The summed E-state index contributed by atoms with van der Waals surface area (Å²) in [5.41, 5.74) is 6.88. The molecule has 42 heavy (non-hydrogen) atoms. The van der Waals surface area contributed by atoms with Gasteiger partial charge in [-0.2, -0.15) is 4.72 Å². The number of nitrogens with two attached hydrogens (primary N) is 1. The fourth-order valence-corrected chi connectivity index (χ4v) is 5.67. The summed E-state index contributed by atoms with van der Waals surface area (Å²) in [5, 5.41) is 15.9. The predicted octanol–water partition coefficient (Wildman–Crippen LogP) is 0.609. The number of sulfonamides is 1. The van der Waals surface area contributed by atoms with Gasteiger partial charge in [-0.3, -0.25) is 14.4 Å². The highest BCUT2D eigenvalue weighted by Gasteiger charge is 2.29. The number of rotatable bonds is 11. The lowest BCUT2D eigenvalue weighted by atomic mass is 10.1. The summed E-state index contributed by atoms with van der Waals surface area (Å²) in [6.07, 6.45) is 0. The standard InChI is InChI=1S/C28H32N6O7S/c1-2-41-28(37)24(32-42(39,40)23-12-9-19-5-3-4-6-21(19)15-23)16-30-25(35)17-34-14-13-33(18-26(34)36)22-10-7-20(8-11-22)27(29)31-38/h3-12,15,24,32,38H,2,13-14,16-18H2,1H3,(H2,29,31)(H,30,35)/t24-/m0/s1. The van der Waals surface area contributed by atoms with E-state index in [1.54, 1.807) is 49.4 Å². The van der Waals surface area contributed by atoms with E-state index < -0.39 is 27.9 Å². The number of hydrogen-bond donors (Lipinski definition) is 4. The van der Waals surface area contributed by atoms with Crippen molar-refractivity contribution in [2.24, 2.45) is 10.9 Å². The van der Waals surface area contributed by atoms with Gasteiger partial charge in [-0.1, -0.05) is 35.5 Å². The number of carbonyl (C=O) groups excluding carboxylic acids is 3. The van der Waals surface area contributed by atoms with E-state index in [0.717, 1.165) is 11.1 Å². The van der Waals surface area contributed by atoms with Crippen LogP contribution in [0.25, 0.3) is 10.8 Å². The molecule has 0 aliphatic carbocycles. The molecule has 0 saturated carbocycles. The molecular formula is C28H32N6O7S. The van der Waals surface area contributed by atoms with Crippen LogP contribution < -0.4 is 20.7 Å². The molecule has 3 aromatic rings. The molecule has 0 aromatic heterocycles. The van der Waals surface area contributed by atoms with Crippen molar-refractivity contribution >= 4 is 50.1 Å². The number of nitrogens with zero attached hydrogens (tertiary/aromatic N) is 3. The molecule has 1 atom stereocenters. The van der Waals surface area contributed by atoms with Gasteiger partial charge in [-0.25, -0.2) is 8.42 Å². The van der Waals surface area contributed by atoms with Crippen LogP contribution in [-0.2, 0) is 29.1 Å². The van der Waals surface area contributed by atoms with Crippen LogP contribution in [0.5, 0.6) is 0 Å². The minimum atomic E-state index is -4.14. The Hall–Kier alpha value is -4.69. The van der Waals surface area contributed by atoms with E-state index in [4.69, 9.17) is 15.7 Å². The highest BCUT2D eigenvalue weighted by atomic mass is 32.2. The zero-order valence-electron chi connectivity index (χ0n) is 22.9. The van der Waals surface area contributed by atoms with Crippen molar-refractivity contribution in [2.45, 2.75) is 17.9 Å². The molecule has 1 aliphatic heterocycles. The van der Waals surface area contributed by atoms with E-state index >= 15 is 0 Å². The van der Waals surface area contributed by atoms with Gasteiger partial charge in [0, 0.05) is 30.9 Å². The lowest BCUT2D eigenvalue weighted by Crippen LogP contribution is -2.54. The minimum Gasteiger partial charge on any atom is -0.465 e. The average molecular weight is 597 g/mol. The molecule has 1 heterocycles. The number of piperazine rings is 1. The molecule has 14 heteroatoms. The third kappa shape index (κ3) is 7.33. The zero-order valence-corrected chi connectivity index (χ0v) is 23.7. The number of amides is 2. The highest BCUT2D eigenvalue weighted by molar-refractivity contribution is 7.89. The first-order chi connectivity index (χ1) is 20.1. The van der Waals surface area contributed by atoms with Crippen molar-refractivity contribution in [3.63, 3.8) is 0 Å². The number of fused-ring (bicyclic) bond motifs is 1. The largest absolute Gasteiger partial charge is 0.465 e. The summed E-state index contributed by atoms with van der Waals surface area (Å²) in [6, 6.07) is 17.3. The van der Waals surface area contributed by atoms with Gasteiger partial charge in [0.05, 0.1) is 24.6 Å². The first-order valence-electron chi connectivity index (χ1n) is 13.2. The SMILES string of the molecule is CCOC(=O)[C@H](CNC(=O)CN1CCN(c2ccc(C(N)=NO)cc2)CC1=O)NS(=O)(=O)c1ccc2ccccc2c1. The van der Waals surface area contributed by atoms with Crippen LogP contribution in [0.4, 0.5) is 5.69 Å². The third-order valence-electron chi connectivity index (χ3n) is 6.69. The fourth-order valence-electron chi connectivity index (χ4n) is 4.45. The third-order valence-corrected chi connectivity index (χ3v) is 8.16. The first-order valence-corrected chi connectivity index (χ1v) is 14.6. The number of oxime groups is 1. The Balaban J connectivity index is 1.34. The van der Waals surface area contributed by atoms with Crippen molar-refractivity contribution in [3.05, 3.63) is 72.3 Å². The van der Waals surface area contributed by atoms with Crippen LogP contribution in [0.1, 0.15) is 12.5 Å². The zero-order chi connectivity index (χ0) is 30.3. The summed E-state index contributed by atoms with van der Waals surface area (Å²) in [4.78, 5) is 41.2. The number of ether oxygens (including phenoxy) is 1. The average Bonchev–Trinajstić information content (AvgIpc) is 2.99. The van der Waals surface area contributed by atoms with E-state index in [-0.39, 0.29) is 49.4 Å². The van der Waals surface area contributed by atoms with Gasteiger partial charge in [0.1, 0.15) is 6.04 Å². The number of hydrogen-bond acceptors (Lipinski definition) is 9. The highest BCUT2D eigenvalue weighted by Crippen LogP contribution is 2.20. The molecule has 222 valence electrons. The van der Waals surface area contributed by atoms with Crippen LogP contribution in [0.2, 0.25) is 0 Å². The molecule has 0 bridgehead atoms. The topological polar surface area (TPSA) is 184 Å². The molecule has 0 radical (unpaired) electrons. The summed E-state index contributed by atoms with van der Waals surface area (Å²) < 4.78 is 33.6. The molecule has 1 saturated heterocycles. The fraction of sp³-hybridized carbons (Fsp3) is 0.286. The van der Waals surface area contributed by atoms with Crippen LogP contribution in [-0.4, -0.2) is 87.5 Å². The first kappa shape index (κ1) is 30.3. The molecule has 0 unspecified atom stereocenters. The monoisotopic (exact) mass is 596 g/mol. The Morgan fingerprint density at radius 3 is 2.45 bits per heavy atom. The Morgan fingerprint density at radius 2 is 1.79 bits per heavy atom. The normalized spacial score (nSPS) is 15.0. The maximum absolute atomic E-state index is 13.1. The van der Waals surface area contributed by atoms with Gasteiger partial charge in [0.2, 0.25) is 21.8 Å². The van der Waals surface area contributed by atoms with Gasteiger partial charge in [-0.05, 0) is 54.1 Å². The molecular weight excluding hydrogens is 564 g/mol. The number of esters is 1. The van der Waals surface area contributed by atoms with Crippen molar-refractivity contribution < 1.29 is 32.7 Å². The lowest BCUT2D eigenvalue weighted by Gasteiger charge is -2.35. The quantitative estimate of drug-likeness (QED) is 0.0810. The Morgan fingerprint density at radius 1 is 1.07 bits per heavy atom. The van der Waals surface area contributed by atoms with Crippen molar-refractivity contribution in [2.75, 3.05) is 44.2 Å². The maximum Gasteiger partial charge on any atom is 0.326 e. The molecule has 5 N–H and O–H groups in total. The van der Waals surface area contributed by atoms with E-state index in [9.17, 15) is 22.8 Å². The van der Waals surface area contributed by atoms with E-state index in [2.05, 4.69) is 15.2 Å². The van der Waals surface area contributed by atoms with Gasteiger partial charge in [0.15, 0.2) is 5.84 Å². The summed E-state index contributed by atoms with van der Waals surface area (Å²) in [5.74, 6) is -1.71. The van der Waals surface area contributed by atoms with Crippen LogP contribution in [0.3, 0.4) is 0 Å². The lowest BCUT2D eigenvalue weighted by molar-refractivity contribution is -0.145. The summed E-state index contributed by atoms with van der Waals surface area (Å²) >= 11 is 0. The number of nitrogens with one attached hydrogen (secondary N) is 2. The second kappa shape index (κ2) is 13.3. The minimum absolute atomic E-state index is 0.0187. The number of anilines is 1. The summed E-state index contributed by atoms with van der Waals surface area (Å²) in [7, 11) is -4.14. The Bertz CT molecular complexity index is 1590. The molecule has 1 aliphatic rings. The van der Waals surface area contributed by atoms with Crippen LogP contribution in [0.15, 0.2) is 76.8 Å². The molecule has 1 fully saturated rings. The second-order valence-electron chi connectivity index (χ2n) is 9.51.